The molecule has 2 N–H and O–H groups in total. The van der Waals surface area contributed by atoms with Gasteiger partial charge in [0, 0.05) is 12.7 Å². The highest BCUT2D eigenvalue weighted by Gasteiger charge is 2.20. The maximum Gasteiger partial charge on any atom is 0.316 e. The lowest BCUT2D eigenvalue weighted by molar-refractivity contribution is -0.142. The van der Waals surface area contributed by atoms with Crippen molar-refractivity contribution in [3.05, 3.63) is 29.0 Å². The van der Waals surface area contributed by atoms with Gasteiger partial charge in [-0.05, 0) is 12.1 Å². The summed E-state index contributed by atoms with van der Waals surface area (Å²) in [5, 5.41) is 0.523. The summed E-state index contributed by atoms with van der Waals surface area (Å²) in [7, 11) is 1.32. The Morgan fingerprint density at radius 2 is 2.43 bits per heavy atom. The smallest absolute Gasteiger partial charge is 0.316 e. The highest BCUT2D eigenvalue weighted by Crippen LogP contribution is 2.15. The molecule has 0 aliphatic rings. The first kappa shape index (κ1) is 10.9. The number of halogens is 1. The Balaban J connectivity index is 2.89. The van der Waals surface area contributed by atoms with Gasteiger partial charge in [-0.15, -0.1) is 0 Å². The standard InChI is InChI=1S/C9H11ClN2O2/c1-14-9(13)7(4-11)8-3-2-6(10)5-12-8/h2-3,5,7H,4,11H2,1H3. The van der Waals surface area contributed by atoms with Crippen LogP contribution in [0.15, 0.2) is 18.3 Å². The van der Waals surface area contributed by atoms with Crippen LogP contribution in [0.25, 0.3) is 0 Å². The van der Waals surface area contributed by atoms with Gasteiger partial charge in [0.2, 0.25) is 0 Å². The van der Waals surface area contributed by atoms with E-state index in [0.717, 1.165) is 0 Å². The van der Waals surface area contributed by atoms with E-state index in [4.69, 9.17) is 17.3 Å². The van der Waals surface area contributed by atoms with Crippen LogP contribution < -0.4 is 5.73 Å². The molecular weight excluding hydrogens is 204 g/mol. The molecular formula is C9H11ClN2O2. The Kier molecular flexibility index (Phi) is 3.85. The molecule has 0 aliphatic carbocycles. The number of hydrogen-bond donors (Lipinski definition) is 1. The van der Waals surface area contributed by atoms with Crippen LogP contribution in [0.1, 0.15) is 11.6 Å². The van der Waals surface area contributed by atoms with Crippen molar-refractivity contribution >= 4 is 17.6 Å². The Morgan fingerprint density at radius 3 is 2.86 bits per heavy atom. The molecule has 0 spiro atoms. The van der Waals surface area contributed by atoms with E-state index in [9.17, 15) is 4.79 Å². The van der Waals surface area contributed by atoms with E-state index in [0.29, 0.717) is 10.7 Å². The first-order chi connectivity index (χ1) is 6.69. The minimum atomic E-state index is -0.516. The molecule has 0 amide bonds. The van der Waals surface area contributed by atoms with Gasteiger partial charge in [0.15, 0.2) is 0 Å². The number of carbonyl (C=O) groups excluding carboxylic acids is 1. The first-order valence-electron chi connectivity index (χ1n) is 4.08. The Labute approximate surface area is 87.0 Å². The Hall–Kier alpha value is -1.13. The third kappa shape index (κ3) is 2.43. The summed E-state index contributed by atoms with van der Waals surface area (Å²) in [6, 6.07) is 3.33. The van der Waals surface area contributed by atoms with E-state index in [1.807, 2.05) is 0 Å². The second kappa shape index (κ2) is 4.93. The number of nitrogens with two attached hydrogens (primary N) is 1. The van der Waals surface area contributed by atoms with Crippen LogP contribution in [0, 0.1) is 0 Å². The summed E-state index contributed by atoms with van der Waals surface area (Å²) >= 11 is 5.66. The molecule has 0 aromatic carbocycles. The number of methoxy groups -OCH3 is 1. The van der Waals surface area contributed by atoms with Crippen LogP contribution in [0.2, 0.25) is 5.02 Å². The van der Waals surface area contributed by atoms with Gasteiger partial charge in [0.05, 0.1) is 17.8 Å². The van der Waals surface area contributed by atoms with Crippen molar-refractivity contribution in [2.24, 2.45) is 5.73 Å². The molecule has 0 bridgehead atoms. The number of ether oxygens (including phenoxy) is 1. The average molecular weight is 215 g/mol. The lowest BCUT2D eigenvalue weighted by Crippen LogP contribution is -2.23. The van der Waals surface area contributed by atoms with Gasteiger partial charge in [0.1, 0.15) is 5.92 Å². The third-order valence-electron chi connectivity index (χ3n) is 1.83. The van der Waals surface area contributed by atoms with E-state index < -0.39 is 5.92 Å². The number of hydrogen-bond acceptors (Lipinski definition) is 4. The summed E-state index contributed by atoms with van der Waals surface area (Å²) < 4.78 is 4.60. The molecule has 1 aromatic rings. The second-order valence-corrected chi connectivity index (χ2v) is 3.15. The molecule has 0 saturated heterocycles. The first-order valence-corrected chi connectivity index (χ1v) is 4.46. The fourth-order valence-electron chi connectivity index (χ4n) is 1.07. The molecule has 5 heteroatoms. The molecule has 1 atom stereocenters. The van der Waals surface area contributed by atoms with Gasteiger partial charge in [-0.3, -0.25) is 9.78 Å². The summed E-state index contributed by atoms with van der Waals surface area (Å²) in [4.78, 5) is 15.3. The quantitative estimate of drug-likeness (QED) is 0.761. The van der Waals surface area contributed by atoms with E-state index in [1.165, 1.54) is 13.3 Å². The highest BCUT2D eigenvalue weighted by molar-refractivity contribution is 6.30. The zero-order chi connectivity index (χ0) is 10.6. The van der Waals surface area contributed by atoms with E-state index >= 15 is 0 Å². The van der Waals surface area contributed by atoms with Crippen molar-refractivity contribution in [1.29, 1.82) is 0 Å². The van der Waals surface area contributed by atoms with Gasteiger partial charge < -0.3 is 10.5 Å². The molecule has 1 unspecified atom stereocenters. The fourth-order valence-corrected chi connectivity index (χ4v) is 1.19. The maximum atomic E-state index is 11.3. The number of esters is 1. The number of nitrogens with zero attached hydrogens (tertiary/aromatic N) is 1. The number of carbonyl (C=O) groups is 1. The molecule has 76 valence electrons. The van der Waals surface area contributed by atoms with Gasteiger partial charge in [-0.2, -0.15) is 0 Å². The summed E-state index contributed by atoms with van der Waals surface area (Å²) in [6.07, 6.45) is 1.47. The molecule has 0 aliphatic heterocycles. The molecule has 0 saturated carbocycles. The lowest BCUT2D eigenvalue weighted by Gasteiger charge is -2.10. The molecule has 4 nitrogen and oxygen atoms in total. The predicted molar refractivity (Wildman–Crippen MR) is 53.1 cm³/mol. The van der Waals surface area contributed by atoms with Crippen LogP contribution in [0.3, 0.4) is 0 Å². The van der Waals surface area contributed by atoms with Crippen LogP contribution in [-0.4, -0.2) is 24.6 Å². The Morgan fingerprint density at radius 1 is 1.71 bits per heavy atom. The monoisotopic (exact) mass is 214 g/mol. The molecule has 1 aromatic heterocycles. The minimum Gasteiger partial charge on any atom is -0.468 e. The third-order valence-corrected chi connectivity index (χ3v) is 2.05. The summed E-state index contributed by atoms with van der Waals surface area (Å²) in [5.74, 6) is -0.903. The normalized spacial score (nSPS) is 12.2. The van der Waals surface area contributed by atoms with Crippen molar-refractivity contribution < 1.29 is 9.53 Å². The second-order valence-electron chi connectivity index (χ2n) is 2.71. The fraction of sp³-hybridized carbons (Fsp3) is 0.333. The molecule has 1 rings (SSSR count). The molecule has 1 heterocycles. The maximum absolute atomic E-state index is 11.3. The van der Waals surface area contributed by atoms with Crippen LogP contribution in [0.5, 0.6) is 0 Å². The van der Waals surface area contributed by atoms with Crippen LogP contribution >= 0.6 is 11.6 Å². The van der Waals surface area contributed by atoms with E-state index in [2.05, 4.69) is 9.72 Å². The van der Waals surface area contributed by atoms with Gasteiger partial charge in [0.25, 0.3) is 0 Å². The largest absolute Gasteiger partial charge is 0.468 e. The van der Waals surface area contributed by atoms with Crippen LogP contribution in [-0.2, 0) is 9.53 Å². The lowest BCUT2D eigenvalue weighted by atomic mass is 10.1. The van der Waals surface area contributed by atoms with Crippen molar-refractivity contribution in [3.63, 3.8) is 0 Å². The number of aromatic nitrogens is 1. The topological polar surface area (TPSA) is 65.2 Å². The minimum absolute atomic E-state index is 0.168. The summed E-state index contributed by atoms with van der Waals surface area (Å²) in [6.45, 7) is 0.168. The highest BCUT2D eigenvalue weighted by atomic mass is 35.5. The summed E-state index contributed by atoms with van der Waals surface area (Å²) in [5.41, 5.74) is 6.02. The SMILES string of the molecule is COC(=O)C(CN)c1ccc(Cl)cn1. The van der Waals surface area contributed by atoms with Crippen molar-refractivity contribution in [3.8, 4) is 0 Å². The van der Waals surface area contributed by atoms with Crippen molar-refractivity contribution in [2.75, 3.05) is 13.7 Å². The van der Waals surface area contributed by atoms with Crippen molar-refractivity contribution in [1.82, 2.24) is 4.98 Å². The van der Waals surface area contributed by atoms with E-state index in [-0.39, 0.29) is 12.5 Å². The van der Waals surface area contributed by atoms with E-state index in [1.54, 1.807) is 12.1 Å². The van der Waals surface area contributed by atoms with Crippen LogP contribution in [0.4, 0.5) is 0 Å². The zero-order valence-electron chi connectivity index (χ0n) is 7.74. The predicted octanol–water partition coefficient (Wildman–Crippen LogP) is 0.950. The van der Waals surface area contributed by atoms with Gasteiger partial charge in [-0.1, -0.05) is 11.6 Å². The average Bonchev–Trinajstić information content (AvgIpc) is 2.21. The Bertz CT molecular complexity index is 313. The zero-order valence-corrected chi connectivity index (χ0v) is 8.49. The van der Waals surface area contributed by atoms with Gasteiger partial charge >= 0.3 is 5.97 Å². The molecule has 14 heavy (non-hydrogen) atoms. The number of rotatable bonds is 3. The molecule has 0 radical (unpaired) electrons. The van der Waals surface area contributed by atoms with Crippen molar-refractivity contribution in [2.45, 2.75) is 5.92 Å². The molecule has 0 fully saturated rings. The van der Waals surface area contributed by atoms with Gasteiger partial charge in [-0.25, -0.2) is 0 Å². The number of pyridine rings is 1.